The van der Waals surface area contributed by atoms with E-state index in [0.717, 1.165) is 36.5 Å². The predicted molar refractivity (Wildman–Crippen MR) is 118 cm³/mol. The van der Waals surface area contributed by atoms with Crippen LogP contribution < -0.4 is 0 Å². The molecule has 30 heavy (non-hydrogen) atoms. The Morgan fingerprint density at radius 3 is 2.33 bits per heavy atom. The van der Waals surface area contributed by atoms with Crippen molar-refractivity contribution in [1.29, 1.82) is 0 Å². The average molecular weight is 451 g/mol. The van der Waals surface area contributed by atoms with Gasteiger partial charge in [0.05, 0.1) is 24.2 Å². The summed E-state index contributed by atoms with van der Waals surface area (Å²) < 4.78 is 38.2. The summed E-state index contributed by atoms with van der Waals surface area (Å²) in [6.45, 7) is 8.89. The van der Waals surface area contributed by atoms with Crippen molar-refractivity contribution in [3.63, 3.8) is 0 Å². The van der Waals surface area contributed by atoms with Gasteiger partial charge in [-0.3, -0.25) is 4.90 Å². The molecule has 1 atom stereocenters. The highest BCUT2D eigenvalue weighted by Gasteiger charge is 2.29. The largest absolute Gasteiger partial charge is 0.376 e. The standard InChI is InChI=1S/C21H30N4O3S2/c1-17-18(2)25(21(29)24(17)15-19-7-6-14-28-19)16-22-10-12-23(13-11-22)30(26,27)20-8-4-3-5-9-20/h3-5,8-9,19H,6-7,10-16H2,1-2H3. The van der Waals surface area contributed by atoms with Gasteiger partial charge in [0, 0.05) is 44.2 Å². The zero-order valence-electron chi connectivity index (χ0n) is 17.7. The molecule has 1 aromatic carbocycles. The lowest BCUT2D eigenvalue weighted by Gasteiger charge is -2.34. The van der Waals surface area contributed by atoms with Crippen molar-refractivity contribution >= 4 is 22.2 Å². The molecule has 0 spiro atoms. The molecule has 2 saturated heterocycles. The number of piperazine rings is 1. The van der Waals surface area contributed by atoms with Gasteiger partial charge in [-0.05, 0) is 51.0 Å². The Kier molecular flexibility index (Phi) is 6.45. The third-order valence-electron chi connectivity index (χ3n) is 6.26. The molecule has 1 aromatic heterocycles. The van der Waals surface area contributed by atoms with Gasteiger partial charge in [-0.1, -0.05) is 18.2 Å². The summed E-state index contributed by atoms with van der Waals surface area (Å²) in [6, 6.07) is 8.66. The maximum atomic E-state index is 12.8. The van der Waals surface area contributed by atoms with Gasteiger partial charge in [0.2, 0.25) is 10.0 Å². The molecule has 0 amide bonds. The first-order chi connectivity index (χ1) is 14.4. The molecule has 2 aliphatic heterocycles. The molecule has 1 unspecified atom stereocenters. The molecular weight excluding hydrogens is 420 g/mol. The van der Waals surface area contributed by atoms with E-state index in [1.54, 1.807) is 28.6 Å². The minimum Gasteiger partial charge on any atom is -0.376 e. The number of ether oxygens (including phenoxy) is 1. The van der Waals surface area contributed by atoms with Crippen molar-refractivity contribution in [2.75, 3.05) is 32.8 Å². The van der Waals surface area contributed by atoms with E-state index >= 15 is 0 Å². The lowest BCUT2D eigenvalue weighted by Crippen LogP contribution is -2.48. The quantitative estimate of drug-likeness (QED) is 0.634. The van der Waals surface area contributed by atoms with Crippen molar-refractivity contribution in [1.82, 2.24) is 18.3 Å². The van der Waals surface area contributed by atoms with Crippen molar-refractivity contribution in [2.45, 2.75) is 50.9 Å². The summed E-state index contributed by atoms with van der Waals surface area (Å²) in [5, 5.41) is 0. The summed E-state index contributed by atoms with van der Waals surface area (Å²) >= 11 is 5.79. The second-order valence-corrected chi connectivity index (χ2v) is 10.4. The summed E-state index contributed by atoms with van der Waals surface area (Å²) in [4.78, 5) is 2.63. The van der Waals surface area contributed by atoms with Crippen LogP contribution in [0.1, 0.15) is 24.2 Å². The summed E-state index contributed by atoms with van der Waals surface area (Å²) in [5.74, 6) is 0. The maximum Gasteiger partial charge on any atom is 0.243 e. The van der Waals surface area contributed by atoms with E-state index in [-0.39, 0.29) is 6.10 Å². The normalized spacial score (nSPS) is 21.3. The number of hydrogen-bond donors (Lipinski definition) is 0. The Labute approximate surface area is 183 Å². The van der Waals surface area contributed by atoms with Crippen LogP contribution in [-0.4, -0.2) is 65.6 Å². The molecule has 0 N–H and O–H groups in total. The molecule has 0 aliphatic carbocycles. The van der Waals surface area contributed by atoms with Crippen LogP contribution in [0.2, 0.25) is 0 Å². The van der Waals surface area contributed by atoms with Crippen LogP contribution in [0.5, 0.6) is 0 Å². The Hall–Kier alpha value is -1.52. The van der Waals surface area contributed by atoms with Crippen LogP contribution >= 0.6 is 12.2 Å². The monoisotopic (exact) mass is 450 g/mol. The van der Waals surface area contributed by atoms with Crippen LogP contribution in [-0.2, 0) is 28.0 Å². The van der Waals surface area contributed by atoms with E-state index in [1.807, 2.05) is 6.07 Å². The van der Waals surface area contributed by atoms with Gasteiger partial charge in [0.25, 0.3) is 0 Å². The molecule has 2 fully saturated rings. The molecule has 4 rings (SSSR count). The van der Waals surface area contributed by atoms with Crippen LogP contribution in [0, 0.1) is 18.6 Å². The van der Waals surface area contributed by atoms with E-state index in [4.69, 9.17) is 17.0 Å². The van der Waals surface area contributed by atoms with E-state index in [1.165, 1.54) is 5.69 Å². The molecule has 3 heterocycles. The number of sulfonamides is 1. The van der Waals surface area contributed by atoms with Crippen LogP contribution in [0.25, 0.3) is 0 Å². The van der Waals surface area contributed by atoms with E-state index in [9.17, 15) is 8.42 Å². The lowest BCUT2D eigenvalue weighted by atomic mass is 10.2. The van der Waals surface area contributed by atoms with Gasteiger partial charge in [-0.25, -0.2) is 8.42 Å². The number of aromatic nitrogens is 2. The van der Waals surface area contributed by atoms with Gasteiger partial charge in [-0.15, -0.1) is 0 Å². The Morgan fingerprint density at radius 2 is 1.70 bits per heavy atom. The average Bonchev–Trinajstić information content (AvgIpc) is 3.34. The Balaban J connectivity index is 1.42. The van der Waals surface area contributed by atoms with E-state index in [0.29, 0.717) is 37.7 Å². The fourth-order valence-corrected chi connectivity index (χ4v) is 6.10. The molecule has 7 nitrogen and oxygen atoms in total. The summed E-state index contributed by atoms with van der Waals surface area (Å²) in [5.41, 5.74) is 2.35. The fraction of sp³-hybridized carbons (Fsp3) is 0.571. The minimum absolute atomic E-state index is 0.248. The Morgan fingerprint density at radius 1 is 1.03 bits per heavy atom. The lowest BCUT2D eigenvalue weighted by molar-refractivity contribution is 0.0957. The molecule has 2 aromatic rings. The molecule has 164 valence electrons. The van der Waals surface area contributed by atoms with Crippen molar-refractivity contribution in [3.8, 4) is 0 Å². The zero-order chi connectivity index (χ0) is 21.3. The van der Waals surface area contributed by atoms with Crippen LogP contribution in [0.4, 0.5) is 0 Å². The van der Waals surface area contributed by atoms with Gasteiger partial charge < -0.3 is 13.9 Å². The minimum atomic E-state index is -3.43. The molecule has 0 bridgehead atoms. The first kappa shape index (κ1) is 21.7. The maximum absolute atomic E-state index is 12.8. The first-order valence-electron chi connectivity index (χ1n) is 10.5. The third-order valence-corrected chi connectivity index (χ3v) is 8.61. The number of rotatable bonds is 6. The predicted octanol–water partition coefficient (Wildman–Crippen LogP) is 2.78. The van der Waals surface area contributed by atoms with E-state index < -0.39 is 10.0 Å². The fourth-order valence-electron chi connectivity index (χ4n) is 4.25. The molecule has 0 saturated carbocycles. The topological polar surface area (TPSA) is 59.7 Å². The van der Waals surface area contributed by atoms with Crippen molar-refractivity contribution in [3.05, 3.63) is 46.5 Å². The third kappa shape index (κ3) is 4.27. The van der Waals surface area contributed by atoms with Gasteiger partial charge >= 0.3 is 0 Å². The molecule has 9 heteroatoms. The molecular formula is C21H30N4O3S2. The smallest absolute Gasteiger partial charge is 0.243 e. The molecule has 2 aliphatic rings. The number of hydrogen-bond acceptors (Lipinski definition) is 5. The highest BCUT2D eigenvalue weighted by Crippen LogP contribution is 2.21. The highest BCUT2D eigenvalue weighted by atomic mass is 32.2. The number of imidazole rings is 1. The second kappa shape index (κ2) is 8.92. The SMILES string of the molecule is Cc1c(C)n(CN2CCN(S(=O)(=O)c3ccccc3)CC2)c(=S)n1CC1CCCO1. The first-order valence-corrected chi connectivity index (χ1v) is 12.4. The highest BCUT2D eigenvalue weighted by molar-refractivity contribution is 7.89. The molecule has 0 radical (unpaired) electrons. The van der Waals surface area contributed by atoms with Gasteiger partial charge in [0.1, 0.15) is 0 Å². The van der Waals surface area contributed by atoms with E-state index in [2.05, 4.69) is 27.9 Å². The summed E-state index contributed by atoms with van der Waals surface area (Å²) in [6.07, 6.45) is 2.45. The van der Waals surface area contributed by atoms with Gasteiger partial charge in [0.15, 0.2) is 4.77 Å². The van der Waals surface area contributed by atoms with Crippen molar-refractivity contribution < 1.29 is 13.2 Å². The number of nitrogens with zero attached hydrogens (tertiary/aromatic N) is 4. The Bertz CT molecular complexity index is 1030. The van der Waals surface area contributed by atoms with Crippen LogP contribution in [0.3, 0.4) is 0 Å². The number of benzene rings is 1. The zero-order valence-corrected chi connectivity index (χ0v) is 19.3. The summed E-state index contributed by atoms with van der Waals surface area (Å²) in [7, 11) is -3.43. The second-order valence-electron chi connectivity index (χ2n) is 8.10. The van der Waals surface area contributed by atoms with Crippen molar-refractivity contribution in [2.24, 2.45) is 0 Å². The van der Waals surface area contributed by atoms with Crippen LogP contribution in [0.15, 0.2) is 35.2 Å². The van der Waals surface area contributed by atoms with Gasteiger partial charge in [-0.2, -0.15) is 4.31 Å².